The van der Waals surface area contributed by atoms with Gasteiger partial charge in [0.05, 0.1) is 13.0 Å². The van der Waals surface area contributed by atoms with Gasteiger partial charge in [-0.25, -0.2) is 0 Å². The topological polar surface area (TPSA) is 46.6 Å². The molecule has 0 fully saturated rings. The van der Waals surface area contributed by atoms with E-state index >= 15 is 0 Å². The highest BCUT2D eigenvalue weighted by Crippen LogP contribution is 2.17. The predicted molar refractivity (Wildman–Crippen MR) is 103 cm³/mol. The molecule has 26 heavy (non-hydrogen) atoms. The second-order valence-corrected chi connectivity index (χ2v) is 6.54. The van der Waals surface area contributed by atoms with E-state index in [1.54, 1.807) is 11.8 Å². The third-order valence-electron chi connectivity index (χ3n) is 4.22. The SMILES string of the molecule is CCOC(=O)CCN(Cc1ccccc1)C(=O)c1ccc(C(C)C)cc1. The van der Waals surface area contributed by atoms with E-state index in [2.05, 4.69) is 13.8 Å². The average molecular weight is 353 g/mol. The summed E-state index contributed by atoms with van der Waals surface area (Å²) in [6, 6.07) is 17.5. The number of hydrogen-bond acceptors (Lipinski definition) is 3. The molecule has 1 amide bonds. The van der Waals surface area contributed by atoms with Crippen molar-refractivity contribution in [3.63, 3.8) is 0 Å². The molecule has 4 nitrogen and oxygen atoms in total. The summed E-state index contributed by atoms with van der Waals surface area (Å²) >= 11 is 0. The van der Waals surface area contributed by atoms with E-state index in [9.17, 15) is 9.59 Å². The van der Waals surface area contributed by atoms with Crippen molar-refractivity contribution in [2.45, 2.75) is 39.7 Å². The first-order chi connectivity index (χ1) is 12.5. The van der Waals surface area contributed by atoms with Crippen LogP contribution in [-0.2, 0) is 16.1 Å². The van der Waals surface area contributed by atoms with Crippen LogP contribution in [0.3, 0.4) is 0 Å². The van der Waals surface area contributed by atoms with Gasteiger partial charge in [0.1, 0.15) is 0 Å². The molecule has 138 valence electrons. The smallest absolute Gasteiger partial charge is 0.307 e. The van der Waals surface area contributed by atoms with E-state index in [1.807, 2.05) is 54.6 Å². The first-order valence-electron chi connectivity index (χ1n) is 9.10. The van der Waals surface area contributed by atoms with Crippen molar-refractivity contribution in [2.24, 2.45) is 0 Å². The van der Waals surface area contributed by atoms with Crippen LogP contribution in [0.25, 0.3) is 0 Å². The summed E-state index contributed by atoms with van der Waals surface area (Å²) in [6.07, 6.45) is 0.191. The molecule has 0 aliphatic rings. The molecule has 0 atom stereocenters. The molecule has 2 rings (SSSR count). The largest absolute Gasteiger partial charge is 0.466 e. The van der Waals surface area contributed by atoms with Gasteiger partial charge in [0.25, 0.3) is 5.91 Å². The first-order valence-corrected chi connectivity index (χ1v) is 9.10. The number of ether oxygens (including phenoxy) is 1. The van der Waals surface area contributed by atoms with Gasteiger partial charge in [-0.3, -0.25) is 9.59 Å². The molecule has 0 spiro atoms. The summed E-state index contributed by atoms with van der Waals surface area (Å²) in [5.74, 6) is 0.0605. The van der Waals surface area contributed by atoms with E-state index in [0.717, 1.165) is 5.56 Å². The van der Waals surface area contributed by atoms with E-state index in [4.69, 9.17) is 4.74 Å². The third kappa shape index (κ3) is 5.73. The molecule has 0 heterocycles. The maximum Gasteiger partial charge on any atom is 0.307 e. The molecule has 0 aliphatic carbocycles. The lowest BCUT2D eigenvalue weighted by atomic mass is 10.0. The van der Waals surface area contributed by atoms with Gasteiger partial charge in [0.15, 0.2) is 0 Å². The minimum atomic E-state index is -0.284. The van der Waals surface area contributed by atoms with Crippen molar-refractivity contribution >= 4 is 11.9 Å². The zero-order chi connectivity index (χ0) is 18.9. The Hall–Kier alpha value is -2.62. The van der Waals surface area contributed by atoms with Crippen LogP contribution < -0.4 is 0 Å². The fourth-order valence-corrected chi connectivity index (χ4v) is 2.71. The molecule has 2 aromatic rings. The van der Waals surface area contributed by atoms with Crippen molar-refractivity contribution in [1.82, 2.24) is 4.90 Å². The summed E-state index contributed by atoms with van der Waals surface area (Å²) in [6.45, 7) is 7.17. The monoisotopic (exact) mass is 353 g/mol. The lowest BCUT2D eigenvalue weighted by molar-refractivity contribution is -0.143. The molecule has 0 saturated carbocycles. The Kier molecular flexibility index (Phi) is 7.39. The standard InChI is InChI=1S/C22H27NO3/c1-4-26-21(24)14-15-23(16-18-8-6-5-7-9-18)22(25)20-12-10-19(11-13-20)17(2)3/h5-13,17H,4,14-16H2,1-3H3. The lowest BCUT2D eigenvalue weighted by Gasteiger charge is -2.23. The van der Waals surface area contributed by atoms with Crippen molar-refractivity contribution in [3.8, 4) is 0 Å². The van der Waals surface area contributed by atoms with Crippen LogP contribution in [0.4, 0.5) is 0 Å². The third-order valence-corrected chi connectivity index (χ3v) is 4.22. The van der Waals surface area contributed by atoms with Crippen molar-refractivity contribution in [2.75, 3.05) is 13.2 Å². The molecule has 2 aromatic carbocycles. The minimum absolute atomic E-state index is 0.0755. The van der Waals surface area contributed by atoms with Crippen LogP contribution in [0.15, 0.2) is 54.6 Å². The van der Waals surface area contributed by atoms with Gasteiger partial charge < -0.3 is 9.64 Å². The number of esters is 1. The Bertz CT molecular complexity index is 708. The molecule has 0 aliphatic heterocycles. The zero-order valence-corrected chi connectivity index (χ0v) is 15.8. The number of amides is 1. The molecular formula is C22H27NO3. The van der Waals surface area contributed by atoms with Gasteiger partial charge in [-0.05, 0) is 36.1 Å². The van der Waals surface area contributed by atoms with Crippen LogP contribution in [0.1, 0.15) is 54.6 Å². The summed E-state index contributed by atoms with van der Waals surface area (Å²) in [5.41, 5.74) is 2.86. The second-order valence-electron chi connectivity index (χ2n) is 6.54. The number of rotatable bonds is 8. The number of benzene rings is 2. The van der Waals surface area contributed by atoms with Crippen LogP contribution in [0.2, 0.25) is 0 Å². The molecule has 4 heteroatoms. The Morgan fingerprint density at radius 3 is 2.23 bits per heavy atom. The van der Waals surface area contributed by atoms with Gasteiger partial charge in [0.2, 0.25) is 0 Å². The highest BCUT2D eigenvalue weighted by atomic mass is 16.5. The number of hydrogen-bond donors (Lipinski definition) is 0. The first kappa shape index (κ1) is 19.7. The second kappa shape index (κ2) is 9.76. The Morgan fingerprint density at radius 2 is 1.65 bits per heavy atom. The summed E-state index contributed by atoms with van der Waals surface area (Å²) in [7, 11) is 0. The highest BCUT2D eigenvalue weighted by molar-refractivity contribution is 5.94. The van der Waals surface area contributed by atoms with E-state index in [0.29, 0.717) is 31.2 Å². The maximum atomic E-state index is 13.0. The minimum Gasteiger partial charge on any atom is -0.466 e. The van der Waals surface area contributed by atoms with Crippen LogP contribution >= 0.6 is 0 Å². The van der Waals surface area contributed by atoms with Gasteiger partial charge in [-0.15, -0.1) is 0 Å². The summed E-state index contributed by atoms with van der Waals surface area (Å²) < 4.78 is 4.99. The van der Waals surface area contributed by atoms with Gasteiger partial charge in [0, 0.05) is 18.7 Å². The number of carbonyl (C=O) groups excluding carboxylic acids is 2. The number of carbonyl (C=O) groups is 2. The van der Waals surface area contributed by atoms with Crippen LogP contribution in [0.5, 0.6) is 0 Å². The molecule has 0 aromatic heterocycles. The van der Waals surface area contributed by atoms with Crippen molar-refractivity contribution < 1.29 is 14.3 Å². The van der Waals surface area contributed by atoms with E-state index in [1.165, 1.54) is 5.56 Å². The van der Waals surface area contributed by atoms with Gasteiger partial charge in [-0.1, -0.05) is 56.3 Å². The molecule has 0 unspecified atom stereocenters. The van der Waals surface area contributed by atoms with Gasteiger partial charge >= 0.3 is 5.97 Å². The summed E-state index contributed by atoms with van der Waals surface area (Å²) in [5, 5.41) is 0. The summed E-state index contributed by atoms with van der Waals surface area (Å²) in [4.78, 5) is 26.4. The van der Waals surface area contributed by atoms with Crippen molar-refractivity contribution in [3.05, 3.63) is 71.3 Å². The Labute approximate surface area is 155 Å². The highest BCUT2D eigenvalue weighted by Gasteiger charge is 2.18. The molecule has 0 N–H and O–H groups in total. The van der Waals surface area contributed by atoms with E-state index in [-0.39, 0.29) is 18.3 Å². The van der Waals surface area contributed by atoms with Crippen molar-refractivity contribution in [1.29, 1.82) is 0 Å². The average Bonchev–Trinajstić information content (AvgIpc) is 2.65. The molecular weight excluding hydrogens is 326 g/mol. The zero-order valence-electron chi connectivity index (χ0n) is 15.8. The van der Waals surface area contributed by atoms with E-state index < -0.39 is 0 Å². The fourth-order valence-electron chi connectivity index (χ4n) is 2.71. The quantitative estimate of drug-likeness (QED) is 0.661. The van der Waals surface area contributed by atoms with Gasteiger partial charge in [-0.2, -0.15) is 0 Å². The Balaban J connectivity index is 2.15. The molecule has 0 bridgehead atoms. The normalized spacial score (nSPS) is 10.6. The number of nitrogens with zero attached hydrogens (tertiary/aromatic N) is 1. The molecule has 0 radical (unpaired) electrons. The lowest BCUT2D eigenvalue weighted by Crippen LogP contribution is -2.33. The van der Waals surface area contributed by atoms with Crippen LogP contribution in [-0.4, -0.2) is 29.9 Å². The molecule has 0 saturated heterocycles. The van der Waals surface area contributed by atoms with Crippen LogP contribution in [0, 0.1) is 0 Å². The predicted octanol–water partition coefficient (Wildman–Crippen LogP) is 4.41. The maximum absolute atomic E-state index is 13.0. The fraction of sp³-hybridized carbons (Fsp3) is 0.364. The Morgan fingerprint density at radius 1 is 1.00 bits per heavy atom.